The van der Waals surface area contributed by atoms with Gasteiger partial charge >= 0.3 is 6.18 Å². The molecule has 3 rings (SSSR count). The highest BCUT2D eigenvalue weighted by atomic mass is 19.4. The Labute approximate surface area is 178 Å². The minimum absolute atomic E-state index is 0.0848. The van der Waals surface area contributed by atoms with Gasteiger partial charge in [-0.3, -0.25) is 9.59 Å². The van der Waals surface area contributed by atoms with Gasteiger partial charge in [-0.25, -0.2) is 0 Å². The molecule has 0 saturated heterocycles. The van der Waals surface area contributed by atoms with Crippen LogP contribution in [0.5, 0.6) is 5.75 Å². The van der Waals surface area contributed by atoms with E-state index < -0.39 is 17.8 Å². The van der Waals surface area contributed by atoms with Crippen molar-refractivity contribution < 1.29 is 27.5 Å². The van der Waals surface area contributed by atoms with Crippen LogP contribution >= 0.6 is 0 Å². The van der Waals surface area contributed by atoms with Crippen molar-refractivity contribution in [3.63, 3.8) is 0 Å². The summed E-state index contributed by atoms with van der Waals surface area (Å²) in [5, 5.41) is 5.56. The number of alkyl halides is 3. The lowest BCUT2D eigenvalue weighted by Crippen LogP contribution is -2.42. The molecule has 31 heavy (non-hydrogen) atoms. The summed E-state index contributed by atoms with van der Waals surface area (Å²) in [5.74, 6) is -0.351. The smallest absolute Gasteiger partial charge is 0.416 e. The molecule has 2 aromatic carbocycles. The summed E-state index contributed by atoms with van der Waals surface area (Å²) in [4.78, 5) is 26.7. The maximum Gasteiger partial charge on any atom is 0.416 e. The first-order chi connectivity index (χ1) is 14.7. The average molecular weight is 435 g/mol. The molecule has 1 unspecified atom stereocenters. The Balaban J connectivity index is 1.85. The van der Waals surface area contributed by atoms with Gasteiger partial charge in [0.2, 0.25) is 11.8 Å². The summed E-state index contributed by atoms with van der Waals surface area (Å²) >= 11 is 0. The first-order valence-electron chi connectivity index (χ1n) is 9.99. The molecule has 1 aliphatic rings. The van der Waals surface area contributed by atoms with Gasteiger partial charge in [0.25, 0.3) is 0 Å². The number of ether oxygens (including phenoxy) is 1. The Morgan fingerprint density at radius 1 is 1.26 bits per heavy atom. The average Bonchev–Trinajstić information content (AvgIpc) is 2.84. The van der Waals surface area contributed by atoms with E-state index in [0.29, 0.717) is 24.4 Å². The second-order valence-electron chi connectivity index (χ2n) is 7.29. The van der Waals surface area contributed by atoms with E-state index >= 15 is 0 Å². The van der Waals surface area contributed by atoms with Crippen molar-refractivity contribution in [3.05, 3.63) is 48.0 Å². The molecule has 0 aliphatic carbocycles. The van der Waals surface area contributed by atoms with Crippen molar-refractivity contribution >= 4 is 28.9 Å². The van der Waals surface area contributed by atoms with Gasteiger partial charge in [-0.05, 0) is 43.7 Å². The molecule has 2 N–H and O–H groups in total. The van der Waals surface area contributed by atoms with Crippen molar-refractivity contribution in [2.45, 2.75) is 38.9 Å². The Morgan fingerprint density at radius 2 is 2.00 bits per heavy atom. The number of benzene rings is 2. The number of fused-ring (bicyclic) bond motifs is 1. The lowest BCUT2D eigenvalue weighted by atomic mass is 10.1. The van der Waals surface area contributed by atoms with Gasteiger partial charge in [0.1, 0.15) is 5.75 Å². The zero-order valence-electron chi connectivity index (χ0n) is 17.3. The summed E-state index contributed by atoms with van der Waals surface area (Å²) in [6.45, 7) is 3.70. The third-order valence-electron chi connectivity index (χ3n) is 4.83. The first kappa shape index (κ1) is 22.5. The number of rotatable bonds is 6. The predicted molar refractivity (Wildman–Crippen MR) is 112 cm³/mol. The maximum atomic E-state index is 13.2. The van der Waals surface area contributed by atoms with E-state index in [-0.39, 0.29) is 36.2 Å². The van der Waals surface area contributed by atoms with Gasteiger partial charge in [-0.15, -0.1) is 0 Å². The quantitative estimate of drug-likeness (QED) is 0.692. The van der Waals surface area contributed by atoms with Crippen molar-refractivity contribution in [3.8, 4) is 5.75 Å². The van der Waals surface area contributed by atoms with Crippen molar-refractivity contribution in [1.29, 1.82) is 0 Å². The summed E-state index contributed by atoms with van der Waals surface area (Å²) in [6, 6.07) is 9.62. The molecule has 0 saturated carbocycles. The molecule has 2 aromatic rings. The van der Waals surface area contributed by atoms with Crippen molar-refractivity contribution in [1.82, 2.24) is 0 Å². The number of nitrogens with one attached hydrogen (secondary N) is 2. The molecule has 2 amide bonds. The number of anilines is 3. The van der Waals surface area contributed by atoms with E-state index in [0.717, 1.165) is 12.1 Å². The largest absolute Gasteiger partial charge is 0.491 e. The fraction of sp³-hybridized carbons (Fsp3) is 0.364. The molecule has 0 radical (unpaired) electrons. The minimum Gasteiger partial charge on any atom is -0.491 e. The Kier molecular flexibility index (Phi) is 6.72. The van der Waals surface area contributed by atoms with Crippen LogP contribution in [0.15, 0.2) is 42.5 Å². The van der Waals surface area contributed by atoms with Crippen molar-refractivity contribution in [2.75, 3.05) is 28.7 Å². The normalized spacial score (nSPS) is 16.2. The molecular weight excluding hydrogens is 411 g/mol. The third kappa shape index (κ3) is 5.28. The topological polar surface area (TPSA) is 70.7 Å². The second-order valence-corrected chi connectivity index (χ2v) is 7.29. The van der Waals surface area contributed by atoms with Crippen LogP contribution in [0.4, 0.5) is 30.2 Å². The van der Waals surface area contributed by atoms with Gasteiger partial charge < -0.3 is 20.3 Å². The summed E-state index contributed by atoms with van der Waals surface area (Å²) in [7, 11) is 0. The monoisotopic (exact) mass is 435 g/mol. The molecule has 0 bridgehead atoms. The highest BCUT2D eigenvalue weighted by Crippen LogP contribution is 2.35. The van der Waals surface area contributed by atoms with E-state index in [1.54, 1.807) is 31.2 Å². The van der Waals surface area contributed by atoms with Crippen LogP contribution in [0.25, 0.3) is 0 Å². The predicted octanol–water partition coefficient (Wildman–Crippen LogP) is 4.67. The zero-order chi connectivity index (χ0) is 22.6. The zero-order valence-corrected chi connectivity index (χ0v) is 17.3. The highest BCUT2D eigenvalue weighted by Gasteiger charge is 2.32. The fourth-order valence-corrected chi connectivity index (χ4v) is 3.41. The Hall–Kier alpha value is -3.23. The van der Waals surface area contributed by atoms with E-state index in [1.807, 2.05) is 6.92 Å². The minimum atomic E-state index is -4.52. The molecule has 6 nitrogen and oxygen atoms in total. The van der Waals surface area contributed by atoms with Crippen LogP contribution in [-0.4, -0.2) is 31.0 Å². The third-order valence-corrected chi connectivity index (χ3v) is 4.83. The molecule has 0 spiro atoms. The number of para-hydroxylation sites is 2. The van der Waals surface area contributed by atoms with Crippen LogP contribution in [0, 0.1) is 0 Å². The number of halogens is 3. The van der Waals surface area contributed by atoms with Crippen molar-refractivity contribution in [2.24, 2.45) is 0 Å². The highest BCUT2D eigenvalue weighted by molar-refractivity contribution is 6.05. The molecule has 1 atom stereocenters. The van der Waals surface area contributed by atoms with E-state index in [9.17, 15) is 22.8 Å². The number of carbonyl (C=O) groups excluding carboxylic acids is 2. The number of hydrogen-bond acceptors (Lipinski definition) is 4. The summed E-state index contributed by atoms with van der Waals surface area (Å²) in [6.07, 6.45) is -3.73. The van der Waals surface area contributed by atoms with Crippen LogP contribution in [0.2, 0.25) is 0 Å². The van der Waals surface area contributed by atoms with Crippen LogP contribution in [0.3, 0.4) is 0 Å². The molecule has 0 fully saturated rings. The molecule has 166 valence electrons. The standard InChI is InChI=1S/C22H24F3N3O3/c1-3-10-31-19-9-8-15(22(23,24)25)12-17(19)26-13-21(30)28-14(2)11-20(29)27-16-6-4-5-7-18(16)28/h4-9,12,14,26H,3,10-11,13H2,1-2H3,(H,27,29). The van der Waals surface area contributed by atoms with Crippen LogP contribution in [0.1, 0.15) is 32.3 Å². The molecule has 1 heterocycles. The van der Waals surface area contributed by atoms with Crippen LogP contribution in [-0.2, 0) is 15.8 Å². The number of carbonyl (C=O) groups is 2. The van der Waals surface area contributed by atoms with E-state index in [2.05, 4.69) is 10.6 Å². The first-order valence-corrected chi connectivity index (χ1v) is 9.99. The van der Waals surface area contributed by atoms with E-state index in [1.165, 1.54) is 11.0 Å². The molecule has 0 aromatic heterocycles. The molecular formula is C22H24F3N3O3. The Bertz CT molecular complexity index is 963. The fourth-order valence-electron chi connectivity index (χ4n) is 3.41. The SMILES string of the molecule is CCCOc1ccc(C(F)(F)F)cc1NCC(=O)N1c2ccccc2NC(=O)CC1C. The van der Waals surface area contributed by atoms with E-state index in [4.69, 9.17) is 4.74 Å². The van der Waals surface area contributed by atoms with Gasteiger partial charge in [-0.1, -0.05) is 19.1 Å². The maximum absolute atomic E-state index is 13.2. The van der Waals surface area contributed by atoms with Gasteiger partial charge in [0.05, 0.1) is 35.8 Å². The summed E-state index contributed by atoms with van der Waals surface area (Å²) in [5.41, 5.74) is 0.298. The summed E-state index contributed by atoms with van der Waals surface area (Å²) < 4.78 is 45.0. The number of hydrogen-bond donors (Lipinski definition) is 2. The lowest BCUT2D eigenvalue weighted by molar-refractivity contribution is -0.137. The second kappa shape index (κ2) is 9.28. The van der Waals surface area contributed by atoms with Gasteiger partial charge in [-0.2, -0.15) is 13.2 Å². The number of nitrogens with zero attached hydrogens (tertiary/aromatic N) is 1. The molecule has 9 heteroatoms. The van der Waals surface area contributed by atoms with Crippen LogP contribution < -0.4 is 20.3 Å². The van der Waals surface area contributed by atoms with Gasteiger partial charge in [0, 0.05) is 12.5 Å². The number of amides is 2. The molecule has 1 aliphatic heterocycles. The van der Waals surface area contributed by atoms with Gasteiger partial charge in [0.15, 0.2) is 0 Å². The lowest BCUT2D eigenvalue weighted by Gasteiger charge is -2.28. The Morgan fingerprint density at radius 3 is 2.71 bits per heavy atom.